The third-order valence-corrected chi connectivity index (χ3v) is 14.3. The average Bonchev–Trinajstić information content (AvgIpc) is 3.41. The van der Waals surface area contributed by atoms with Crippen LogP contribution in [0, 0.1) is 0 Å². The van der Waals surface area contributed by atoms with E-state index in [0.29, 0.717) is 29.8 Å². The summed E-state index contributed by atoms with van der Waals surface area (Å²) in [6.07, 6.45) is -25.8. The Hall–Kier alpha value is -2.83. The Bertz CT molecular complexity index is 1600. The maximum absolute atomic E-state index is 15.3. The molecule has 0 amide bonds. The molecule has 3 aromatic carbocycles. The van der Waals surface area contributed by atoms with Crippen LogP contribution in [0.5, 0.6) is 0 Å². The Morgan fingerprint density at radius 1 is 0.500 bits per heavy atom. The Morgan fingerprint density at radius 2 is 0.812 bits per heavy atom. The monoisotopic (exact) mass is 718 g/mol. The molecule has 48 heavy (non-hydrogen) atoms. The van der Waals surface area contributed by atoms with Crippen molar-refractivity contribution in [1.29, 1.82) is 0 Å². The van der Waals surface area contributed by atoms with E-state index in [1.54, 1.807) is 13.8 Å². The zero-order valence-electron chi connectivity index (χ0n) is 26.3. The van der Waals surface area contributed by atoms with Crippen LogP contribution in [-0.4, -0.2) is 24.7 Å². The fourth-order valence-electron chi connectivity index (χ4n) is 7.08. The Kier molecular flexibility index (Phi) is 8.04. The molecular formula is C33H31F12O2P. The van der Waals surface area contributed by atoms with Crippen LogP contribution in [-0.2, 0) is 20.2 Å². The van der Waals surface area contributed by atoms with Gasteiger partial charge in [0.25, 0.3) is 0 Å². The first kappa shape index (κ1) is 36.5. The van der Waals surface area contributed by atoms with Crippen LogP contribution in [0.25, 0.3) is 0 Å². The van der Waals surface area contributed by atoms with E-state index in [4.69, 9.17) is 9.05 Å². The van der Waals surface area contributed by atoms with Crippen LogP contribution in [0.15, 0.2) is 60.7 Å². The van der Waals surface area contributed by atoms with Gasteiger partial charge in [-0.1, -0.05) is 0 Å². The summed E-state index contributed by atoms with van der Waals surface area (Å²) in [6, 6.07) is 8.30. The van der Waals surface area contributed by atoms with E-state index in [1.165, 1.54) is 39.8 Å². The molecule has 15 heteroatoms. The van der Waals surface area contributed by atoms with Crippen LogP contribution >= 0.6 is 7.06 Å². The molecule has 2 aliphatic heterocycles. The number of alkyl halides is 12. The van der Waals surface area contributed by atoms with Gasteiger partial charge in [-0.3, -0.25) is 0 Å². The molecular weight excluding hydrogens is 687 g/mol. The van der Waals surface area contributed by atoms with Gasteiger partial charge in [0.15, 0.2) is 0 Å². The molecule has 0 aromatic heterocycles. The summed E-state index contributed by atoms with van der Waals surface area (Å²) in [4.78, 5) is 0. The van der Waals surface area contributed by atoms with Crippen molar-refractivity contribution >= 4 is 23.0 Å². The molecule has 0 unspecified atom stereocenters. The van der Waals surface area contributed by atoms with E-state index in [-0.39, 0.29) is 17.0 Å². The Balaban J connectivity index is 2.25. The summed E-state index contributed by atoms with van der Waals surface area (Å²) in [5.41, 5.74) is -13.9. The van der Waals surface area contributed by atoms with Crippen molar-refractivity contribution in [2.45, 2.75) is 95.2 Å². The van der Waals surface area contributed by atoms with Gasteiger partial charge < -0.3 is 0 Å². The molecule has 264 valence electrons. The van der Waals surface area contributed by atoms with Crippen molar-refractivity contribution in [3.05, 3.63) is 88.5 Å². The molecule has 2 heterocycles. The molecule has 0 bridgehead atoms. The second-order valence-corrected chi connectivity index (χ2v) is 16.7. The van der Waals surface area contributed by atoms with Gasteiger partial charge in [-0.15, -0.1) is 0 Å². The van der Waals surface area contributed by atoms with Gasteiger partial charge >= 0.3 is 268 Å². The fraction of sp³-hybridized carbons (Fsp3) is 0.455. The molecule has 3 aromatic rings. The zero-order valence-corrected chi connectivity index (χ0v) is 27.2. The van der Waals surface area contributed by atoms with E-state index < -0.39 is 81.8 Å². The van der Waals surface area contributed by atoms with E-state index in [1.807, 2.05) is 0 Å². The number of rotatable bonds is 4. The van der Waals surface area contributed by atoms with Crippen molar-refractivity contribution in [3.63, 3.8) is 0 Å². The molecule has 5 rings (SSSR count). The standard InChI is InChI=1S/C33H31F12O2P/c1-17(2)20-15-21(18(3)4)27(22(16-20)19(5)6)48(25-13-9-7-11-23(25)28(46-48,30(34,35)36)31(37,38)39)26-14-10-8-12-24(26)29(47-48,32(40,41)42)33(43,44)45/h7-19H,1-6H3. The quantitative estimate of drug-likeness (QED) is 0.198. The zero-order chi connectivity index (χ0) is 36.3. The molecule has 0 N–H and O–H groups in total. The van der Waals surface area contributed by atoms with Crippen LogP contribution < -0.4 is 15.9 Å². The molecule has 0 fully saturated rings. The predicted molar refractivity (Wildman–Crippen MR) is 157 cm³/mol. The summed E-state index contributed by atoms with van der Waals surface area (Å²) in [6.45, 7) is 9.38. The SMILES string of the molecule is CC(C)c1cc(C(C)C)c(P23(OC(C(F)(F)F)(C(F)(F)F)c4ccccc42)OC(C(F)(F)F)(C(F)(F)F)c2ccccc23)c(C(C)C)c1. The number of hydrogen-bond donors (Lipinski definition) is 0. The summed E-state index contributed by atoms with van der Waals surface area (Å²) < 4.78 is 195. The first-order chi connectivity index (χ1) is 21.8. The topological polar surface area (TPSA) is 18.5 Å². The minimum absolute atomic E-state index is 0.104. The summed E-state index contributed by atoms with van der Waals surface area (Å²) in [5.74, 6) is -2.04. The second kappa shape index (κ2) is 10.6. The van der Waals surface area contributed by atoms with E-state index >= 15 is 52.7 Å². The number of fused-ring (bicyclic) bond motifs is 4. The summed E-state index contributed by atoms with van der Waals surface area (Å²) in [7, 11) is -7.16. The van der Waals surface area contributed by atoms with Gasteiger partial charge in [-0.2, -0.15) is 0 Å². The van der Waals surface area contributed by atoms with Crippen molar-refractivity contribution in [1.82, 2.24) is 0 Å². The number of benzene rings is 3. The van der Waals surface area contributed by atoms with Crippen LogP contribution in [0.1, 0.15) is 87.1 Å². The predicted octanol–water partition coefficient (Wildman–Crippen LogP) is 10.4. The first-order valence-corrected chi connectivity index (χ1v) is 16.9. The average molecular weight is 719 g/mol. The van der Waals surface area contributed by atoms with Crippen LogP contribution in [0.3, 0.4) is 0 Å². The van der Waals surface area contributed by atoms with Gasteiger partial charge in [0, 0.05) is 0 Å². The summed E-state index contributed by atoms with van der Waals surface area (Å²) in [5, 5.41) is -3.04. The van der Waals surface area contributed by atoms with Crippen molar-refractivity contribution in [3.8, 4) is 0 Å². The molecule has 0 saturated carbocycles. The van der Waals surface area contributed by atoms with E-state index in [9.17, 15) is 0 Å². The van der Waals surface area contributed by atoms with Gasteiger partial charge in [0.1, 0.15) is 0 Å². The Morgan fingerprint density at radius 3 is 1.08 bits per heavy atom. The van der Waals surface area contributed by atoms with Crippen molar-refractivity contribution in [2.75, 3.05) is 0 Å². The molecule has 0 aliphatic carbocycles. The second-order valence-electron chi connectivity index (χ2n) is 13.0. The third kappa shape index (κ3) is 4.33. The van der Waals surface area contributed by atoms with Crippen LogP contribution in [0.4, 0.5) is 52.7 Å². The molecule has 1 spiro atoms. The van der Waals surface area contributed by atoms with Gasteiger partial charge in [-0.25, -0.2) is 0 Å². The van der Waals surface area contributed by atoms with Gasteiger partial charge in [0.05, 0.1) is 0 Å². The molecule has 2 nitrogen and oxygen atoms in total. The first-order valence-electron chi connectivity index (χ1n) is 14.9. The number of halogens is 12. The third-order valence-electron chi connectivity index (χ3n) is 9.17. The normalized spacial score (nSPS) is 20.6. The van der Waals surface area contributed by atoms with Gasteiger partial charge in [-0.05, 0) is 0 Å². The molecule has 2 aliphatic rings. The maximum atomic E-state index is 15.3. The van der Waals surface area contributed by atoms with Crippen LogP contribution in [0.2, 0.25) is 0 Å². The number of hydrogen-bond acceptors (Lipinski definition) is 2. The van der Waals surface area contributed by atoms with E-state index in [2.05, 4.69) is 0 Å². The van der Waals surface area contributed by atoms with Crippen molar-refractivity contribution < 1.29 is 61.7 Å². The van der Waals surface area contributed by atoms with Crippen molar-refractivity contribution in [2.24, 2.45) is 0 Å². The Labute approximate surface area is 268 Å². The minimum atomic E-state index is -7.16. The van der Waals surface area contributed by atoms with Gasteiger partial charge in [0.2, 0.25) is 0 Å². The fourth-order valence-corrected chi connectivity index (χ4v) is 13.7. The van der Waals surface area contributed by atoms with E-state index in [0.717, 1.165) is 24.3 Å². The molecule has 0 saturated heterocycles. The summed E-state index contributed by atoms with van der Waals surface area (Å²) >= 11 is 0. The molecule has 0 atom stereocenters. The molecule has 0 radical (unpaired) electrons.